The first-order valence-electron chi connectivity index (χ1n) is 5.38. The summed E-state index contributed by atoms with van der Waals surface area (Å²) in [6.45, 7) is -0.291. The van der Waals surface area contributed by atoms with Crippen LogP contribution in [0.25, 0.3) is 11.1 Å². The zero-order valence-electron chi connectivity index (χ0n) is 9.98. The molecule has 1 aromatic heterocycles. The number of aryl methyl sites for hydroxylation is 1. The van der Waals surface area contributed by atoms with Crippen LogP contribution in [0.4, 0.5) is 13.2 Å². The van der Waals surface area contributed by atoms with E-state index in [1.165, 1.54) is 22.9 Å². The number of alkyl halides is 3. The number of aliphatic hydroxyl groups is 1. The van der Waals surface area contributed by atoms with Crippen molar-refractivity contribution in [3.05, 3.63) is 36.2 Å². The lowest BCUT2D eigenvalue weighted by atomic mass is 10.1. The monoisotopic (exact) mass is 272 g/mol. The molecule has 0 amide bonds. The standard InChI is InChI=1S/C12H11F3N2O2/c1-17-6-10(11(7-18)16-17)8-3-2-4-9(5-8)19-12(13,14)15/h2-6,18H,7H2,1H3. The molecule has 1 heterocycles. The lowest BCUT2D eigenvalue weighted by Gasteiger charge is -2.09. The molecule has 0 saturated carbocycles. The van der Waals surface area contributed by atoms with Crippen LogP contribution in [0.2, 0.25) is 0 Å². The largest absolute Gasteiger partial charge is 0.573 e. The molecule has 0 unspecified atom stereocenters. The van der Waals surface area contributed by atoms with Crippen LogP contribution < -0.4 is 4.74 Å². The number of ether oxygens (including phenoxy) is 1. The third-order valence-corrected chi connectivity index (χ3v) is 2.43. The first-order valence-corrected chi connectivity index (χ1v) is 5.38. The van der Waals surface area contributed by atoms with Gasteiger partial charge in [-0.15, -0.1) is 13.2 Å². The van der Waals surface area contributed by atoms with Gasteiger partial charge in [0.25, 0.3) is 0 Å². The second-order valence-electron chi connectivity index (χ2n) is 3.90. The maximum absolute atomic E-state index is 12.1. The summed E-state index contributed by atoms with van der Waals surface area (Å²) < 4.78 is 41.8. The minimum absolute atomic E-state index is 0.291. The molecule has 102 valence electrons. The second-order valence-corrected chi connectivity index (χ2v) is 3.90. The van der Waals surface area contributed by atoms with E-state index in [2.05, 4.69) is 9.84 Å². The van der Waals surface area contributed by atoms with E-state index in [0.29, 0.717) is 16.8 Å². The van der Waals surface area contributed by atoms with Crippen LogP contribution in [0.1, 0.15) is 5.69 Å². The molecule has 0 bridgehead atoms. The van der Waals surface area contributed by atoms with E-state index < -0.39 is 6.36 Å². The van der Waals surface area contributed by atoms with Gasteiger partial charge in [-0.2, -0.15) is 5.10 Å². The molecule has 0 spiro atoms. The molecule has 19 heavy (non-hydrogen) atoms. The van der Waals surface area contributed by atoms with Crippen LogP contribution in [0, 0.1) is 0 Å². The Balaban J connectivity index is 2.37. The number of nitrogens with zero attached hydrogens (tertiary/aromatic N) is 2. The molecular formula is C12H11F3N2O2. The number of halogens is 3. The van der Waals surface area contributed by atoms with Crippen molar-refractivity contribution in [2.24, 2.45) is 7.05 Å². The van der Waals surface area contributed by atoms with Gasteiger partial charge in [0.15, 0.2) is 0 Å². The molecule has 0 aliphatic heterocycles. The van der Waals surface area contributed by atoms with Crippen LogP contribution in [-0.2, 0) is 13.7 Å². The summed E-state index contributed by atoms with van der Waals surface area (Å²) in [5.41, 5.74) is 1.46. The molecule has 7 heteroatoms. The highest BCUT2D eigenvalue weighted by molar-refractivity contribution is 5.66. The van der Waals surface area contributed by atoms with Crippen LogP contribution >= 0.6 is 0 Å². The average molecular weight is 272 g/mol. The first kappa shape index (κ1) is 13.4. The summed E-state index contributed by atoms with van der Waals surface area (Å²) in [6, 6.07) is 5.54. The Bertz CT molecular complexity index is 579. The SMILES string of the molecule is Cn1cc(-c2cccc(OC(F)(F)F)c2)c(CO)n1. The molecule has 2 aromatic rings. The molecule has 0 atom stereocenters. The van der Waals surface area contributed by atoms with E-state index in [4.69, 9.17) is 5.11 Å². The van der Waals surface area contributed by atoms with Gasteiger partial charge in [0.1, 0.15) is 5.75 Å². The van der Waals surface area contributed by atoms with E-state index in [0.717, 1.165) is 0 Å². The smallest absolute Gasteiger partial charge is 0.406 e. The fraction of sp³-hybridized carbons (Fsp3) is 0.250. The van der Waals surface area contributed by atoms with Crippen molar-refractivity contribution in [1.29, 1.82) is 0 Å². The van der Waals surface area contributed by atoms with Gasteiger partial charge >= 0.3 is 6.36 Å². The van der Waals surface area contributed by atoms with Crippen LogP contribution in [0.15, 0.2) is 30.5 Å². The predicted octanol–water partition coefficient (Wildman–Crippen LogP) is 2.48. The van der Waals surface area contributed by atoms with Gasteiger partial charge in [-0.05, 0) is 17.7 Å². The summed E-state index contributed by atoms with van der Waals surface area (Å²) in [4.78, 5) is 0. The number of benzene rings is 1. The molecule has 2 rings (SSSR count). The lowest BCUT2D eigenvalue weighted by molar-refractivity contribution is -0.274. The van der Waals surface area contributed by atoms with Crippen molar-refractivity contribution in [2.75, 3.05) is 0 Å². The van der Waals surface area contributed by atoms with Gasteiger partial charge < -0.3 is 9.84 Å². The molecule has 0 saturated heterocycles. The van der Waals surface area contributed by atoms with E-state index in [-0.39, 0.29) is 12.4 Å². The summed E-state index contributed by atoms with van der Waals surface area (Å²) >= 11 is 0. The van der Waals surface area contributed by atoms with E-state index in [1.54, 1.807) is 19.3 Å². The molecule has 1 aromatic carbocycles. The minimum Gasteiger partial charge on any atom is -0.406 e. The molecule has 0 radical (unpaired) electrons. The Labute approximate surface area is 107 Å². The number of aliphatic hydroxyl groups excluding tert-OH is 1. The maximum atomic E-state index is 12.1. The summed E-state index contributed by atoms with van der Waals surface area (Å²) in [5.74, 6) is -0.308. The van der Waals surface area contributed by atoms with Gasteiger partial charge in [-0.1, -0.05) is 12.1 Å². The van der Waals surface area contributed by atoms with Crippen molar-refractivity contribution in [3.63, 3.8) is 0 Å². The van der Waals surface area contributed by atoms with Gasteiger partial charge in [-0.3, -0.25) is 4.68 Å². The maximum Gasteiger partial charge on any atom is 0.573 e. The van der Waals surface area contributed by atoms with E-state index in [9.17, 15) is 13.2 Å². The second kappa shape index (κ2) is 4.93. The highest BCUT2D eigenvalue weighted by atomic mass is 19.4. The Morgan fingerprint density at radius 1 is 1.37 bits per heavy atom. The third-order valence-electron chi connectivity index (χ3n) is 2.43. The van der Waals surface area contributed by atoms with Crippen molar-refractivity contribution in [1.82, 2.24) is 9.78 Å². The molecule has 0 aliphatic carbocycles. The zero-order chi connectivity index (χ0) is 14.0. The molecular weight excluding hydrogens is 261 g/mol. The summed E-state index contributed by atoms with van der Waals surface area (Å²) in [7, 11) is 1.67. The van der Waals surface area contributed by atoms with Crippen LogP contribution in [-0.4, -0.2) is 21.2 Å². The molecule has 4 nitrogen and oxygen atoms in total. The van der Waals surface area contributed by atoms with Gasteiger partial charge in [0, 0.05) is 18.8 Å². The third kappa shape index (κ3) is 3.25. The lowest BCUT2D eigenvalue weighted by Crippen LogP contribution is -2.17. The van der Waals surface area contributed by atoms with Gasteiger partial charge in [0.2, 0.25) is 0 Å². The van der Waals surface area contributed by atoms with Gasteiger partial charge in [0.05, 0.1) is 12.3 Å². The fourth-order valence-electron chi connectivity index (χ4n) is 1.75. The number of hydrogen-bond acceptors (Lipinski definition) is 3. The van der Waals surface area contributed by atoms with E-state index >= 15 is 0 Å². The predicted molar refractivity (Wildman–Crippen MR) is 61.2 cm³/mol. The fourth-order valence-corrected chi connectivity index (χ4v) is 1.75. The van der Waals surface area contributed by atoms with Crippen molar-refractivity contribution in [2.45, 2.75) is 13.0 Å². The van der Waals surface area contributed by atoms with Crippen molar-refractivity contribution < 1.29 is 23.0 Å². The summed E-state index contributed by atoms with van der Waals surface area (Å²) in [5, 5.41) is 13.2. The summed E-state index contributed by atoms with van der Waals surface area (Å²) in [6.07, 6.45) is -3.11. The number of rotatable bonds is 3. The Morgan fingerprint density at radius 2 is 2.11 bits per heavy atom. The quantitative estimate of drug-likeness (QED) is 0.933. The molecule has 0 aliphatic rings. The first-order chi connectivity index (χ1) is 8.89. The Hall–Kier alpha value is -2.02. The minimum atomic E-state index is -4.73. The Morgan fingerprint density at radius 3 is 2.74 bits per heavy atom. The zero-order valence-corrected chi connectivity index (χ0v) is 9.98. The Kier molecular flexibility index (Phi) is 3.48. The van der Waals surface area contributed by atoms with Crippen LogP contribution in [0.3, 0.4) is 0 Å². The van der Waals surface area contributed by atoms with Crippen LogP contribution in [0.5, 0.6) is 5.75 Å². The number of hydrogen-bond donors (Lipinski definition) is 1. The molecule has 1 N–H and O–H groups in total. The van der Waals surface area contributed by atoms with E-state index in [1.807, 2.05) is 0 Å². The van der Waals surface area contributed by atoms with Crippen molar-refractivity contribution in [3.8, 4) is 16.9 Å². The number of aromatic nitrogens is 2. The highest BCUT2D eigenvalue weighted by Gasteiger charge is 2.31. The van der Waals surface area contributed by atoms with Gasteiger partial charge in [-0.25, -0.2) is 0 Å². The average Bonchev–Trinajstić information content (AvgIpc) is 2.68. The topological polar surface area (TPSA) is 47.3 Å². The highest BCUT2D eigenvalue weighted by Crippen LogP contribution is 2.29. The normalized spacial score (nSPS) is 11.6. The molecule has 0 fully saturated rings. The van der Waals surface area contributed by atoms with Crippen molar-refractivity contribution >= 4 is 0 Å².